The fraction of sp³-hybridized carbons (Fsp3) is 0.500. The van der Waals surface area contributed by atoms with Gasteiger partial charge in [0.25, 0.3) is 0 Å². The number of nitrogens with zero attached hydrogens (tertiary/aromatic N) is 1. The molecule has 4 nitrogen and oxygen atoms in total. The van der Waals surface area contributed by atoms with Crippen molar-refractivity contribution in [1.82, 2.24) is 4.90 Å². The number of Topliss-reactive ketones (excluding diaryl/α,β-unsaturated/α-hetero) is 2. The molecule has 1 aliphatic heterocycles. The van der Waals surface area contributed by atoms with Crippen LogP contribution >= 0.6 is 11.6 Å². The zero-order valence-electron chi connectivity index (χ0n) is 13.9. The first-order valence-electron chi connectivity index (χ1n) is 7.75. The Bertz CT molecular complexity index is 614. The van der Waals surface area contributed by atoms with E-state index in [4.69, 9.17) is 17.3 Å². The zero-order valence-corrected chi connectivity index (χ0v) is 14.7. The lowest BCUT2D eigenvalue weighted by atomic mass is 10.1. The van der Waals surface area contributed by atoms with Gasteiger partial charge in [-0.05, 0) is 43.6 Å². The minimum atomic E-state index is -5.77. The standard InChI is InChI=1S/C12H17ClN2.C4F6O2/c13-11-3-1-10(2-4-11)9-15-7-5-12(14)6-8-15;5-3(6,7)1(11)2(12)4(8,9)10/h1-4,12H,5-9,14H2;. The largest absolute Gasteiger partial charge is 0.458 e. The number of hydrogen-bond acceptors (Lipinski definition) is 4. The maximum absolute atomic E-state index is 11.2. The van der Waals surface area contributed by atoms with Crippen molar-refractivity contribution in [2.45, 2.75) is 37.8 Å². The molecule has 2 rings (SSSR count). The van der Waals surface area contributed by atoms with E-state index < -0.39 is 23.9 Å². The van der Waals surface area contributed by atoms with E-state index >= 15 is 0 Å². The van der Waals surface area contributed by atoms with Crippen molar-refractivity contribution < 1.29 is 35.9 Å². The molecule has 1 aromatic rings. The molecule has 27 heavy (non-hydrogen) atoms. The Morgan fingerprint density at radius 3 is 1.74 bits per heavy atom. The number of halogens is 7. The highest BCUT2D eigenvalue weighted by atomic mass is 35.5. The van der Waals surface area contributed by atoms with E-state index in [-0.39, 0.29) is 0 Å². The van der Waals surface area contributed by atoms with Crippen LogP contribution in [-0.2, 0) is 16.1 Å². The molecule has 0 bridgehead atoms. The molecule has 1 aliphatic rings. The maximum atomic E-state index is 11.2. The van der Waals surface area contributed by atoms with Crippen LogP contribution in [0.15, 0.2) is 24.3 Å². The summed E-state index contributed by atoms with van der Waals surface area (Å²) in [7, 11) is 0. The second-order valence-electron chi connectivity index (χ2n) is 5.89. The minimum absolute atomic E-state index is 0.409. The number of rotatable bonds is 3. The van der Waals surface area contributed by atoms with Gasteiger partial charge in [0.15, 0.2) is 0 Å². The number of alkyl halides is 6. The topological polar surface area (TPSA) is 63.4 Å². The summed E-state index contributed by atoms with van der Waals surface area (Å²) >= 11 is 5.84. The summed E-state index contributed by atoms with van der Waals surface area (Å²) in [5, 5.41) is 0.805. The van der Waals surface area contributed by atoms with Gasteiger partial charge in [0.05, 0.1) is 0 Å². The van der Waals surface area contributed by atoms with E-state index in [1.807, 2.05) is 12.1 Å². The SMILES string of the molecule is NC1CCN(Cc2ccc(Cl)cc2)CC1.O=C(C(=O)C(F)(F)F)C(F)(F)F. The second-order valence-corrected chi connectivity index (χ2v) is 6.33. The lowest BCUT2D eigenvalue weighted by Gasteiger charge is -2.30. The molecule has 0 unspecified atom stereocenters. The Morgan fingerprint density at radius 2 is 1.37 bits per heavy atom. The van der Waals surface area contributed by atoms with Crippen LogP contribution in [0.2, 0.25) is 5.02 Å². The van der Waals surface area contributed by atoms with Crippen molar-refractivity contribution in [3.05, 3.63) is 34.9 Å². The third-order valence-corrected chi connectivity index (χ3v) is 3.92. The van der Waals surface area contributed by atoms with Crippen LogP contribution < -0.4 is 5.73 Å². The van der Waals surface area contributed by atoms with E-state index in [2.05, 4.69) is 17.0 Å². The van der Waals surface area contributed by atoms with Crippen LogP contribution in [0.4, 0.5) is 26.3 Å². The summed E-state index contributed by atoms with van der Waals surface area (Å²) in [6.07, 6.45) is -9.31. The number of carbonyl (C=O) groups excluding carboxylic acids is 2. The maximum Gasteiger partial charge on any atom is 0.458 e. The van der Waals surface area contributed by atoms with Gasteiger partial charge in [0, 0.05) is 17.6 Å². The molecule has 0 aromatic heterocycles. The van der Waals surface area contributed by atoms with Crippen LogP contribution in [0.3, 0.4) is 0 Å². The Kier molecular flexibility index (Phi) is 8.24. The van der Waals surface area contributed by atoms with Gasteiger partial charge in [-0.15, -0.1) is 0 Å². The van der Waals surface area contributed by atoms with Gasteiger partial charge in [-0.25, -0.2) is 0 Å². The molecule has 2 N–H and O–H groups in total. The molecule has 0 spiro atoms. The van der Waals surface area contributed by atoms with E-state index in [1.165, 1.54) is 5.56 Å². The summed E-state index contributed by atoms with van der Waals surface area (Å²) in [5.41, 5.74) is 7.19. The third kappa shape index (κ3) is 8.27. The Morgan fingerprint density at radius 1 is 0.963 bits per heavy atom. The number of piperidine rings is 1. The number of nitrogens with two attached hydrogens (primary N) is 1. The molecular formula is C16H17ClF6N2O2. The quantitative estimate of drug-likeness (QED) is 0.602. The van der Waals surface area contributed by atoms with Gasteiger partial charge in [-0.2, -0.15) is 26.3 Å². The molecule has 0 aliphatic carbocycles. The first-order chi connectivity index (χ1) is 12.3. The first kappa shape index (κ1) is 23.4. The predicted molar refractivity (Wildman–Crippen MR) is 86.1 cm³/mol. The van der Waals surface area contributed by atoms with Crippen molar-refractivity contribution in [1.29, 1.82) is 0 Å². The highest BCUT2D eigenvalue weighted by molar-refractivity contribution is 6.41. The number of carbonyl (C=O) groups is 2. The Balaban J connectivity index is 0.000000279. The Hall–Kier alpha value is -1.65. The smallest absolute Gasteiger partial charge is 0.328 e. The van der Waals surface area contributed by atoms with Crippen LogP contribution in [-0.4, -0.2) is 48.0 Å². The summed E-state index contributed by atoms with van der Waals surface area (Å²) in [6, 6.07) is 8.50. The molecular weight excluding hydrogens is 402 g/mol. The Labute approximate surface area is 156 Å². The van der Waals surface area contributed by atoms with E-state index in [9.17, 15) is 35.9 Å². The molecule has 0 amide bonds. The van der Waals surface area contributed by atoms with Crippen molar-refractivity contribution in [3.63, 3.8) is 0 Å². The molecule has 1 aromatic carbocycles. The van der Waals surface area contributed by atoms with Crippen molar-refractivity contribution >= 4 is 23.2 Å². The zero-order chi connectivity index (χ0) is 20.8. The van der Waals surface area contributed by atoms with Crippen LogP contribution in [0.25, 0.3) is 0 Å². The lowest BCUT2D eigenvalue weighted by molar-refractivity contribution is -0.193. The molecule has 11 heteroatoms. The fourth-order valence-corrected chi connectivity index (χ4v) is 2.34. The summed E-state index contributed by atoms with van der Waals surface area (Å²) in [6.45, 7) is 3.25. The molecule has 0 radical (unpaired) electrons. The highest BCUT2D eigenvalue weighted by Crippen LogP contribution is 2.24. The number of ketones is 2. The molecule has 1 heterocycles. The third-order valence-electron chi connectivity index (χ3n) is 3.67. The number of hydrogen-bond donors (Lipinski definition) is 1. The van der Waals surface area contributed by atoms with Gasteiger partial charge in [0.1, 0.15) is 0 Å². The summed E-state index contributed by atoms with van der Waals surface area (Å²) < 4.78 is 67.0. The number of benzene rings is 1. The van der Waals surface area contributed by atoms with E-state index in [1.54, 1.807) is 0 Å². The molecule has 1 saturated heterocycles. The van der Waals surface area contributed by atoms with Crippen LogP contribution in [0.5, 0.6) is 0 Å². The predicted octanol–water partition coefficient (Wildman–Crippen LogP) is 3.51. The lowest BCUT2D eigenvalue weighted by Crippen LogP contribution is -2.39. The summed E-state index contributed by atoms with van der Waals surface area (Å²) in [4.78, 5) is 21.7. The first-order valence-corrected chi connectivity index (χ1v) is 8.13. The monoisotopic (exact) mass is 418 g/mol. The van der Waals surface area contributed by atoms with E-state index in [0.29, 0.717) is 6.04 Å². The molecule has 152 valence electrons. The van der Waals surface area contributed by atoms with Crippen molar-refractivity contribution in [3.8, 4) is 0 Å². The second kappa shape index (κ2) is 9.52. The molecule has 0 saturated carbocycles. The van der Waals surface area contributed by atoms with Gasteiger partial charge >= 0.3 is 23.9 Å². The van der Waals surface area contributed by atoms with Gasteiger partial charge in [-0.1, -0.05) is 23.7 Å². The van der Waals surface area contributed by atoms with E-state index in [0.717, 1.165) is 37.5 Å². The molecule has 0 atom stereocenters. The van der Waals surface area contributed by atoms with Crippen LogP contribution in [0, 0.1) is 0 Å². The average Bonchev–Trinajstić information content (AvgIpc) is 2.56. The highest BCUT2D eigenvalue weighted by Gasteiger charge is 2.54. The van der Waals surface area contributed by atoms with Gasteiger partial charge in [-0.3, -0.25) is 14.5 Å². The van der Waals surface area contributed by atoms with Crippen molar-refractivity contribution in [2.75, 3.05) is 13.1 Å². The van der Waals surface area contributed by atoms with Crippen molar-refractivity contribution in [2.24, 2.45) is 5.73 Å². The minimum Gasteiger partial charge on any atom is -0.328 e. The fourth-order valence-electron chi connectivity index (χ4n) is 2.22. The summed E-state index contributed by atoms with van der Waals surface area (Å²) in [5.74, 6) is -6.81. The average molecular weight is 419 g/mol. The number of likely N-dealkylation sites (tertiary alicyclic amines) is 1. The van der Waals surface area contributed by atoms with Gasteiger partial charge in [0.2, 0.25) is 0 Å². The molecule has 1 fully saturated rings. The van der Waals surface area contributed by atoms with Gasteiger partial charge < -0.3 is 5.73 Å². The normalized spacial score (nSPS) is 16.4. The van der Waals surface area contributed by atoms with Crippen LogP contribution in [0.1, 0.15) is 18.4 Å².